The highest BCUT2D eigenvalue weighted by atomic mass is 16.5. The van der Waals surface area contributed by atoms with Crippen molar-refractivity contribution < 1.29 is 14.3 Å². The Morgan fingerprint density at radius 2 is 2.00 bits per heavy atom. The summed E-state index contributed by atoms with van der Waals surface area (Å²) in [7, 11) is 0. The number of anilines is 1. The summed E-state index contributed by atoms with van der Waals surface area (Å²) in [6, 6.07) is 6.83. The van der Waals surface area contributed by atoms with E-state index in [0.29, 0.717) is 11.3 Å². The second-order valence-corrected chi connectivity index (χ2v) is 5.07. The van der Waals surface area contributed by atoms with Crippen LogP contribution < -0.4 is 10.6 Å². The van der Waals surface area contributed by atoms with Crippen molar-refractivity contribution in [3.8, 4) is 0 Å². The number of hydrogen-bond donors (Lipinski definition) is 2. The lowest BCUT2D eigenvalue weighted by atomic mass is 10.1. The van der Waals surface area contributed by atoms with E-state index in [0.717, 1.165) is 19.4 Å². The van der Waals surface area contributed by atoms with E-state index in [9.17, 15) is 9.59 Å². The van der Waals surface area contributed by atoms with Crippen LogP contribution in [0.2, 0.25) is 0 Å². The Bertz CT molecular complexity index is 478. The number of amides is 2. The molecule has 0 saturated carbocycles. The molecular formula is C15H20N2O3. The SMILES string of the molecule is CC(=O)Nc1ccc(C(=O)N[C@H](C)[C@H]2CCCO2)cc1. The second kappa shape index (κ2) is 6.52. The topological polar surface area (TPSA) is 67.4 Å². The maximum atomic E-state index is 12.1. The molecule has 2 amide bonds. The third kappa shape index (κ3) is 3.81. The minimum Gasteiger partial charge on any atom is -0.376 e. The summed E-state index contributed by atoms with van der Waals surface area (Å²) >= 11 is 0. The predicted molar refractivity (Wildman–Crippen MR) is 76.6 cm³/mol. The molecule has 5 heteroatoms. The van der Waals surface area contributed by atoms with Crippen LogP contribution in [-0.4, -0.2) is 30.6 Å². The van der Waals surface area contributed by atoms with Crippen molar-refractivity contribution in [2.45, 2.75) is 38.8 Å². The lowest BCUT2D eigenvalue weighted by Crippen LogP contribution is -2.40. The fourth-order valence-corrected chi connectivity index (χ4v) is 2.29. The highest BCUT2D eigenvalue weighted by molar-refractivity contribution is 5.95. The molecule has 1 saturated heterocycles. The lowest BCUT2D eigenvalue weighted by molar-refractivity contribution is -0.114. The number of hydrogen-bond acceptors (Lipinski definition) is 3. The average Bonchev–Trinajstić information content (AvgIpc) is 2.92. The van der Waals surface area contributed by atoms with Crippen LogP contribution in [-0.2, 0) is 9.53 Å². The van der Waals surface area contributed by atoms with Crippen LogP contribution in [0.15, 0.2) is 24.3 Å². The molecular weight excluding hydrogens is 256 g/mol. The fourth-order valence-electron chi connectivity index (χ4n) is 2.29. The lowest BCUT2D eigenvalue weighted by Gasteiger charge is -2.20. The van der Waals surface area contributed by atoms with Gasteiger partial charge in [-0.2, -0.15) is 0 Å². The number of carbonyl (C=O) groups excluding carboxylic acids is 2. The van der Waals surface area contributed by atoms with E-state index in [4.69, 9.17) is 4.74 Å². The summed E-state index contributed by atoms with van der Waals surface area (Å²) in [6.07, 6.45) is 2.15. The van der Waals surface area contributed by atoms with Gasteiger partial charge in [0.25, 0.3) is 5.91 Å². The molecule has 0 spiro atoms. The molecule has 1 heterocycles. The van der Waals surface area contributed by atoms with Gasteiger partial charge in [-0.25, -0.2) is 0 Å². The zero-order chi connectivity index (χ0) is 14.5. The third-order valence-corrected chi connectivity index (χ3v) is 3.35. The summed E-state index contributed by atoms with van der Waals surface area (Å²) in [5.74, 6) is -0.253. The Hall–Kier alpha value is -1.88. The molecule has 1 aliphatic rings. The van der Waals surface area contributed by atoms with Crippen LogP contribution in [0.5, 0.6) is 0 Å². The Labute approximate surface area is 118 Å². The quantitative estimate of drug-likeness (QED) is 0.883. The molecule has 2 atom stereocenters. The number of ether oxygens (including phenoxy) is 1. The van der Waals surface area contributed by atoms with Gasteiger partial charge in [-0.1, -0.05) is 0 Å². The van der Waals surface area contributed by atoms with Gasteiger partial charge in [-0.05, 0) is 44.0 Å². The molecule has 0 aromatic heterocycles. The fraction of sp³-hybridized carbons (Fsp3) is 0.467. The van der Waals surface area contributed by atoms with Gasteiger partial charge in [0, 0.05) is 24.8 Å². The van der Waals surface area contributed by atoms with Crippen LogP contribution >= 0.6 is 0 Å². The predicted octanol–water partition coefficient (Wildman–Crippen LogP) is 1.94. The van der Waals surface area contributed by atoms with Crippen LogP contribution in [0.25, 0.3) is 0 Å². The molecule has 1 fully saturated rings. The molecule has 1 aromatic carbocycles. The molecule has 2 N–H and O–H groups in total. The minimum atomic E-state index is -0.130. The summed E-state index contributed by atoms with van der Waals surface area (Å²) < 4.78 is 5.55. The largest absolute Gasteiger partial charge is 0.376 e. The van der Waals surface area contributed by atoms with E-state index < -0.39 is 0 Å². The summed E-state index contributed by atoms with van der Waals surface area (Å²) in [5, 5.41) is 5.61. The molecule has 1 aliphatic heterocycles. The molecule has 20 heavy (non-hydrogen) atoms. The maximum Gasteiger partial charge on any atom is 0.251 e. The number of rotatable bonds is 4. The molecule has 0 bridgehead atoms. The van der Waals surface area contributed by atoms with Crippen molar-refractivity contribution in [2.24, 2.45) is 0 Å². The molecule has 0 radical (unpaired) electrons. The van der Waals surface area contributed by atoms with Crippen LogP contribution in [0.3, 0.4) is 0 Å². The van der Waals surface area contributed by atoms with Gasteiger partial charge in [0.2, 0.25) is 5.91 Å². The zero-order valence-electron chi connectivity index (χ0n) is 11.8. The van der Waals surface area contributed by atoms with Gasteiger partial charge in [0.1, 0.15) is 0 Å². The van der Waals surface area contributed by atoms with E-state index in [-0.39, 0.29) is 24.0 Å². The Kier molecular flexibility index (Phi) is 4.74. The number of carbonyl (C=O) groups is 2. The van der Waals surface area contributed by atoms with Crippen molar-refractivity contribution in [1.82, 2.24) is 5.32 Å². The zero-order valence-corrected chi connectivity index (χ0v) is 11.8. The van der Waals surface area contributed by atoms with E-state index >= 15 is 0 Å². The van der Waals surface area contributed by atoms with Crippen LogP contribution in [0, 0.1) is 0 Å². The van der Waals surface area contributed by atoms with Crippen molar-refractivity contribution in [3.05, 3.63) is 29.8 Å². The average molecular weight is 276 g/mol. The summed E-state index contributed by atoms with van der Waals surface area (Å²) in [5.41, 5.74) is 1.25. The van der Waals surface area contributed by atoms with Gasteiger partial charge in [0.15, 0.2) is 0 Å². The summed E-state index contributed by atoms with van der Waals surface area (Å²) in [4.78, 5) is 23.0. The van der Waals surface area contributed by atoms with Crippen LogP contribution in [0.4, 0.5) is 5.69 Å². The van der Waals surface area contributed by atoms with Gasteiger partial charge in [-0.15, -0.1) is 0 Å². The first-order valence-corrected chi connectivity index (χ1v) is 6.86. The first kappa shape index (κ1) is 14.5. The van der Waals surface area contributed by atoms with Gasteiger partial charge < -0.3 is 15.4 Å². The molecule has 1 aromatic rings. The first-order chi connectivity index (χ1) is 9.56. The maximum absolute atomic E-state index is 12.1. The van der Waals surface area contributed by atoms with E-state index in [1.54, 1.807) is 24.3 Å². The third-order valence-electron chi connectivity index (χ3n) is 3.35. The molecule has 108 valence electrons. The summed E-state index contributed by atoms with van der Waals surface area (Å²) in [6.45, 7) is 4.18. The van der Waals surface area contributed by atoms with E-state index in [1.807, 2.05) is 6.92 Å². The Morgan fingerprint density at radius 1 is 1.30 bits per heavy atom. The van der Waals surface area contributed by atoms with Crippen molar-refractivity contribution in [3.63, 3.8) is 0 Å². The van der Waals surface area contributed by atoms with E-state index in [1.165, 1.54) is 6.92 Å². The number of nitrogens with one attached hydrogen (secondary N) is 2. The second-order valence-electron chi connectivity index (χ2n) is 5.07. The monoisotopic (exact) mass is 276 g/mol. The smallest absolute Gasteiger partial charge is 0.251 e. The van der Waals surface area contributed by atoms with E-state index in [2.05, 4.69) is 10.6 Å². The Balaban J connectivity index is 1.93. The highest BCUT2D eigenvalue weighted by Crippen LogP contribution is 2.16. The van der Waals surface area contributed by atoms with Crippen molar-refractivity contribution in [1.29, 1.82) is 0 Å². The van der Waals surface area contributed by atoms with Gasteiger partial charge in [-0.3, -0.25) is 9.59 Å². The minimum absolute atomic E-state index is 0.0000196. The molecule has 0 unspecified atom stereocenters. The highest BCUT2D eigenvalue weighted by Gasteiger charge is 2.23. The van der Waals surface area contributed by atoms with Gasteiger partial charge in [0.05, 0.1) is 12.1 Å². The van der Waals surface area contributed by atoms with Crippen molar-refractivity contribution >= 4 is 17.5 Å². The van der Waals surface area contributed by atoms with Crippen molar-refractivity contribution in [2.75, 3.05) is 11.9 Å². The molecule has 5 nitrogen and oxygen atoms in total. The van der Waals surface area contributed by atoms with Crippen LogP contribution in [0.1, 0.15) is 37.0 Å². The molecule has 2 rings (SSSR count). The van der Waals surface area contributed by atoms with Gasteiger partial charge >= 0.3 is 0 Å². The Morgan fingerprint density at radius 3 is 2.55 bits per heavy atom. The first-order valence-electron chi connectivity index (χ1n) is 6.86. The normalized spacial score (nSPS) is 19.4. The number of benzene rings is 1. The molecule has 0 aliphatic carbocycles. The standard InChI is InChI=1S/C15H20N2O3/c1-10(14-4-3-9-20-14)16-15(19)12-5-7-13(8-6-12)17-11(2)18/h5-8,10,14H,3-4,9H2,1-2H3,(H,16,19)(H,17,18)/t10-,14-/m1/s1.